The first kappa shape index (κ1) is 61.0. The molecule has 1 fully saturated rings. The fourth-order valence-corrected chi connectivity index (χ4v) is 7.83. The monoisotopic (exact) mass is 953 g/mol. The zero-order valence-corrected chi connectivity index (χ0v) is 40.7. The molecule has 15 heteroatoms. The number of esters is 2. The molecule has 0 aromatic rings. The van der Waals surface area contributed by atoms with Crippen molar-refractivity contribution in [2.75, 3.05) is 13.2 Å². The summed E-state index contributed by atoms with van der Waals surface area (Å²) >= 11 is 0. The fourth-order valence-electron chi connectivity index (χ4n) is 6.86. The third-order valence-corrected chi connectivity index (χ3v) is 11.8. The van der Waals surface area contributed by atoms with Crippen LogP contribution in [0, 0.1) is 0 Å². The Morgan fingerprint density at radius 1 is 0.561 bits per heavy atom. The molecule has 378 valence electrons. The number of aliphatic hydroxyl groups excluding tert-OH is 6. The van der Waals surface area contributed by atoms with Crippen LogP contribution in [0.25, 0.3) is 0 Å². The molecule has 14 nitrogen and oxygen atoms in total. The Labute approximate surface area is 395 Å². The molecule has 1 saturated carbocycles. The fraction of sp³-hybridized carbons (Fsp3) is 0.686. The molecule has 1 aliphatic rings. The Bertz CT molecular complexity index is 1490. The van der Waals surface area contributed by atoms with Crippen molar-refractivity contribution in [3.63, 3.8) is 0 Å². The Kier molecular flexibility index (Phi) is 36.9. The van der Waals surface area contributed by atoms with Crippen molar-refractivity contribution in [2.45, 2.75) is 210 Å². The van der Waals surface area contributed by atoms with E-state index in [1.807, 2.05) is 12.2 Å². The van der Waals surface area contributed by atoms with Crippen molar-refractivity contribution in [2.24, 2.45) is 0 Å². The molecule has 0 saturated heterocycles. The zero-order valence-electron chi connectivity index (χ0n) is 39.8. The lowest BCUT2D eigenvalue weighted by Gasteiger charge is -2.41. The largest absolute Gasteiger partial charge is 0.472 e. The smallest absolute Gasteiger partial charge is 0.462 e. The molecule has 0 radical (unpaired) electrons. The summed E-state index contributed by atoms with van der Waals surface area (Å²) in [7, 11) is -5.18. The number of carbonyl (C=O) groups excluding carboxylic acids is 2. The number of aliphatic hydroxyl groups is 6. The lowest BCUT2D eigenvalue weighted by molar-refractivity contribution is -0.220. The molecule has 1 rings (SSSR count). The molecular weight excluding hydrogens is 868 g/mol. The maximum atomic E-state index is 12.8. The minimum Gasteiger partial charge on any atom is -0.462 e. The molecule has 0 bridgehead atoms. The van der Waals surface area contributed by atoms with E-state index < -0.39 is 81.8 Å². The summed E-state index contributed by atoms with van der Waals surface area (Å²) in [4.78, 5) is 35.8. The van der Waals surface area contributed by atoms with Gasteiger partial charge < -0.3 is 45.0 Å². The van der Waals surface area contributed by atoms with E-state index in [-0.39, 0.29) is 19.3 Å². The van der Waals surface area contributed by atoms with Crippen LogP contribution in [0.2, 0.25) is 0 Å². The minimum absolute atomic E-state index is 0.114. The van der Waals surface area contributed by atoms with Crippen LogP contribution in [0.5, 0.6) is 0 Å². The third-order valence-electron chi connectivity index (χ3n) is 10.8. The standard InChI is InChI=1S/C51H85O14P/c1-3-5-7-9-11-13-15-17-18-19-20-22-24-26-28-30-34-38-44(53)62-40-43(41-63-66(60,61)65-51-49(58)47(56)46(55)48(57)50(51)59)64-45(54)39-35-31-33-37-42(52)36-32-29-27-25-23-21-16-14-12-10-8-6-4-2/h6,8,12,14,17-18,21,23,27,29,31-33,36,42-43,46-52,55-59H,3-5,7,9-11,13,15-16,19-20,22,24-26,28,30,34-35,37-41H2,1-2H3,(H,60,61)/b8-6-,14-12-,18-17-,23-21-,29-27-,33-31-,36-32-/t42?,43-,46?,47-,48+,49-,50-,51?/m1/s1. The second-order valence-electron chi connectivity index (χ2n) is 16.8. The van der Waals surface area contributed by atoms with Crippen LogP contribution in [-0.2, 0) is 32.7 Å². The van der Waals surface area contributed by atoms with Crippen molar-refractivity contribution in [1.29, 1.82) is 0 Å². The molecule has 0 aliphatic heterocycles. The van der Waals surface area contributed by atoms with Crippen LogP contribution in [0.4, 0.5) is 0 Å². The lowest BCUT2D eigenvalue weighted by Crippen LogP contribution is -2.64. The van der Waals surface area contributed by atoms with Gasteiger partial charge in [-0.15, -0.1) is 0 Å². The van der Waals surface area contributed by atoms with Crippen LogP contribution in [-0.4, -0.2) is 110 Å². The Morgan fingerprint density at radius 2 is 1.08 bits per heavy atom. The summed E-state index contributed by atoms with van der Waals surface area (Å²) in [5.41, 5.74) is 0. The van der Waals surface area contributed by atoms with Gasteiger partial charge in [-0.2, -0.15) is 0 Å². The predicted octanol–water partition coefficient (Wildman–Crippen LogP) is 9.03. The summed E-state index contributed by atoms with van der Waals surface area (Å²) in [6.07, 6.45) is 35.1. The lowest BCUT2D eigenvalue weighted by atomic mass is 9.85. The number of phosphoric acid groups is 1. The molecular formula is C51H85O14P. The molecule has 66 heavy (non-hydrogen) atoms. The van der Waals surface area contributed by atoms with Crippen molar-refractivity contribution in [3.8, 4) is 0 Å². The van der Waals surface area contributed by atoms with E-state index >= 15 is 0 Å². The molecule has 9 atom stereocenters. The highest BCUT2D eigenvalue weighted by Crippen LogP contribution is 2.47. The average molecular weight is 953 g/mol. The number of hydrogen-bond donors (Lipinski definition) is 7. The Morgan fingerprint density at radius 3 is 1.67 bits per heavy atom. The summed E-state index contributed by atoms with van der Waals surface area (Å²) in [6.45, 7) is 3.03. The molecule has 0 heterocycles. The van der Waals surface area contributed by atoms with Crippen LogP contribution >= 0.6 is 7.82 Å². The summed E-state index contributed by atoms with van der Waals surface area (Å²) in [5, 5.41) is 60.5. The molecule has 0 amide bonds. The van der Waals surface area contributed by atoms with Crippen molar-refractivity contribution >= 4 is 19.8 Å². The van der Waals surface area contributed by atoms with Gasteiger partial charge in [0.2, 0.25) is 0 Å². The van der Waals surface area contributed by atoms with Gasteiger partial charge in [-0.25, -0.2) is 4.57 Å². The maximum Gasteiger partial charge on any atom is 0.472 e. The first-order valence-corrected chi connectivity index (χ1v) is 26.0. The van der Waals surface area contributed by atoms with E-state index in [0.717, 1.165) is 70.6 Å². The Hall–Kier alpha value is -3.01. The van der Waals surface area contributed by atoms with E-state index in [1.54, 1.807) is 24.3 Å². The van der Waals surface area contributed by atoms with E-state index in [0.29, 0.717) is 12.8 Å². The first-order valence-electron chi connectivity index (χ1n) is 24.5. The highest BCUT2D eigenvalue weighted by molar-refractivity contribution is 7.47. The van der Waals surface area contributed by atoms with Crippen molar-refractivity contribution in [1.82, 2.24) is 0 Å². The number of rotatable bonds is 39. The molecule has 0 spiro atoms. The van der Waals surface area contributed by atoms with Gasteiger partial charge in [-0.1, -0.05) is 163 Å². The minimum atomic E-state index is -5.18. The van der Waals surface area contributed by atoms with Crippen molar-refractivity contribution < 1.29 is 68.2 Å². The van der Waals surface area contributed by atoms with E-state index in [1.165, 1.54) is 44.9 Å². The second kappa shape index (κ2) is 39.9. The normalized spacial score (nSPS) is 22.5. The van der Waals surface area contributed by atoms with Crippen LogP contribution in [0.15, 0.2) is 85.1 Å². The maximum absolute atomic E-state index is 12.8. The average Bonchev–Trinajstić information content (AvgIpc) is 3.29. The van der Waals surface area contributed by atoms with E-state index in [9.17, 15) is 49.7 Å². The van der Waals surface area contributed by atoms with Gasteiger partial charge in [0.1, 0.15) is 43.2 Å². The van der Waals surface area contributed by atoms with Crippen LogP contribution < -0.4 is 0 Å². The number of allylic oxidation sites excluding steroid dienone is 12. The zero-order chi connectivity index (χ0) is 48.7. The van der Waals surface area contributed by atoms with Gasteiger partial charge >= 0.3 is 19.8 Å². The third kappa shape index (κ3) is 31.9. The number of hydrogen-bond acceptors (Lipinski definition) is 13. The van der Waals surface area contributed by atoms with Crippen molar-refractivity contribution in [3.05, 3.63) is 85.1 Å². The van der Waals surface area contributed by atoms with E-state index in [2.05, 4.69) is 62.5 Å². The highest BCUT2D eigenvalue weighted by Gasteiger charge is 2.51. The molecule has 0 aromatic heterocycles. The summed E-state index contributed by atoms with van der Waals surface area (Å²) in [6, 6.07) is 0. The summed E-state index contributed by atoms with van der Waals surface area (Å²) < 4.78 is 33.4. The van der Waals surface area contributed by atoms with Gasteiger partial charge in [0, 0.05) is 12.8 Å². The summed E-state index contributed by atoms with van der Waals surface area (Å²) in [5.74, 6) is -1.29. The second-order valence-corrected chi connectivity index (χ2v) is 18.2. The van der Waals surface area contributed by atoms with Gasteiger partial charge in [-0.3, -0.25) is 18.6 Å². The number of ether oxygens (including phenoxy) is 2. The Balaban J connectivity index is 2.54. The number of carbonyl (C=O) groups is 2. The number of unbranched alkanes of at least 4 members (excludes halogenated alkanes) is 13. The van der Waals surface area contributed by atoms with Gasteiger partial charge in [0.05, 0.1) is 12.7 Å². The highest BCUT2D eigenvalue weighted by atomic mass is 31.2. The van der Waals surface area contributed by atoms with Crippen LogP contribution in [0.1, 0.15) is 162 Å². The molecule has 0 aromatic carbocycles. The molecule has 7 N–H and O–H groups in total. The topological polar surface area (TPSA) is 230 Å². The SMILES string of the molecule is CC/C=C\C/C=C\C/C=C\C/C=C\C=C/C(O)C/C=C\CCC(=O)O[C@H](COC(=O)CCCCCCCCC/C=C\CCCCCCCC)COP(=O)(O)OC1[C@H](O)[C@H](O)C(O)[C@H](O)[C@H]1O. The predicted molar refractivity (Wildman–Crippen MR) is 259 cm³/mol. The van der Waals surface area contributed by atoms with Gasteiger partial charge in [0.15, 0.2) is 6.10 Å². The van der Waals surface area contributed by atoms with Gasteiger partial charge in [-0.05, 0) is 70.6 Å². The molecule has 1 aliphatic carbocycles. The van der Waals surface area contributed by atoms with Gasteiger partial charge in [0.25, 0.3) is 0 Å². The number of phosphoric ester groups is 1. The van der Waals surface area contributed by atoms with Crippen LogP contribution in [0.3, 0.4) is 0 Å². The first-order chi connectivity index (χ1) is 31.8. The van der Waals surface area contributed by atoms with E-state index in [4.69, 9.17) is 18.5 Å². The molecule has 4 unspecified atom stereocenters. The quantitative estimate of drug-likeness (QED) is 0.0100.